The van der Waals surface area contributed by atoms with Crippen molar-refractivity contribution in [2.75, 3.05) is 18.5 Å². The lowest BCUT2D eigenvalue weighted by Crippen LogP contribution is -2.25. The third kappa shape index (κ3) is 3.33. The number of carbonyl (C=O) groups is 1. The average molecular weight is 433 g/mol. The summed E-state index contributed by atoms with van der Waals surface area (Å²) in [5.41, 5.74) is 3.38. The number of anilines is 1. The topological polar surface area (TPSA) is 108 Å². The molecule has 0 bridgehead atoms. The van der Waals surface area contributed by atoms with Gasteiger partial charge < -0.3 is 14.8 Å². The van der Waals surface area contributed by atoms with Crippen molar-refractivity contribution in [1.82, 2.24) is 29.6 Å². The van der Waals surface area contributed by atoms with Gasteiger partial charge in [-0.3, -0.25) is 4.79 Å². The van der Waals surface area contributed by atoms with Crippen LogP contribution in [0.1, 0.15) is 43.0 Å². The van der Waals surface area contributed by atoms with Gasteiger partial charge in [0.1, 0.15) is 12.1 Å². The summed E-state index contributed by atoms with van der Waals surface area (Å²) in [6.45, 7) is 6.88. The normalized spacial score (nSPS) is 15.5. The lowest BCUT2D eigenvalue weighted by molar-refractivity contribution is -0.116. The van der Waals surface area contributed by atoms with Gasteiger partial charge in [-0.05, 0) is 50.6 Å². The zero-order valence-corrected chi connectivity index (χ0v) is 18.1. The van der Waals surface area contributed by atoms with Gasteiger partial charge in [0, 0.05) is 17.9 Å². The molecule has 4 aromatic rings. The number of ether oxygens (including phenoxy) is 2. The molecule has 1 atom stereocenters. The molecular weight excluding hydrogens is 410 g/mol. The number of nitrogens with one attached hydrogen (secondary N) is 1. The molecule has 10 nitrogen and oxygen atoms in total. The third-order valence-corrected chi connectivity index (χ3v) is 5.44. The van der Waals surface area contributed by atoms with Crippen molar-refractivity contribution in [3.05, 3.63) is 53.5 Å². The maximum atomic E-state index is 12.7. The lowest BCUT2D eigenvalue weighted by Gasteiger charge is -2.25. The van der Waals surface area contributed by atoms with Crippen LogP contribution < -0.4 is 14.8 Å². The van der Waals surface area contributed by atoms with Crippen LogP contribution in [-0.2, 0) is 4.79 Å². The molecular formula is C22H23N7O3. The molecule has 1 N–H and O–H groups in total. The molecule has 1 aromatic carbocycles. The molecule has 164 valence electrons. The maximum Gasteiger partial charge on any atom is 0.226 e. The van der Waals surface area contributed by atoms with Crippen LogP contribution in [-0.4, -0.2) is 48.7 Å². The monoisotopic (exact) mass is 433 g/mol. The fraction of sp³-hybridized carbons (Fsp3) is 0.318. The summed E-state index contributed by atoms with van der Waals surface area (Å²) in [7, 11) is 0. The Hall–Kier alpha value is -3.95. The van der Waals surface area contributed by atoms with Crippen molar-refractivity contribution in [1.29, 1.82) is 0 Å². The molecule has 1 amide bonds. The van der Waals surface area contributed by atoms with E-state index >= 15 is 0 Å². The Kier molecular flexibility index (Phi) is 4.96. The van der Waals surface area contributed by atoms with Crippen molar-refractivity contribution in [3.8, 4) is 17.3 Å². The van der Waals surface area contributed by atoms with Gasteiger partial charge in [0.15, 0.2) is 23.0 Å². The molecule has 1 aliphatic rings. The molecule has 1 aliphatic heterocycles. The van der Waals surface area contributed by atoms with Crippen LogP contribution in [0.15, 0.2) is 36.7 Å². The number of rotatable bonds is 6. The minimum absolute atomic E-state index is 0.0825. The summed E-state index contributed by atoms with van der Waals surface area (Å²) in [4.78, 5) is 12.7. The highest BCUT2D eigenvalue weighted by Crippen LogP contribution is 2.42. The van der Waals surface area contributed by atoms with Crippen molar-refractivity contribution in [2.45, 2.75) is 33.1 Å². The SMILES string of the molecule is CCOc1ccc([C@H]2CC(=O)Nc3c2c(C)nn3-c2ccc3nncn3n2)cc1OCC. The molecule has 32 heavy (non-hydrogen) atoms. The summed E-state index contributed by atoms with van der Waals surface area (Å²) in [6, 6.07) is 9.45. The van der Waals surface area contributed by atoms with Gasteiger partial charge in [-0.2, -0.15) is 14.3 Å². The summed E-state index contributed by atoms with van der Waals surface area (Å²) in [6.07, 6.45) is 1.84. The first-order chi connectivity index (χ1) is 15.6. The van der Waals surface area contributed by atoms with Gasteiger partial charge in [-0.1, -0.05) is 6.07 Å². The van der Waals surface area contributed by atoms with E-state index in [1.807, 2.05) is 45.0 Å². The van der Waals surface area contributed by atoms with Crippen molar-refractivity contribution in [3.63, 3.8) is 0 Å². The average Bonchev–Trinajstić information content (AvgIpc) is 3.38. The number of benzene rings is 1. The van der Waals surface area contributed by atoms with E-state index in [1.54, 1.807) is 15.3 Å². The number of nitrogens with zero attached hydrogens (tertiary/aromatic N) is 6. The summed E-state index contributed by atoms with van der Waals surface area (Å²) >= 11 is 0. The second-order valence-corrected chi connectivity index (χ2v) is 7.46. The highest BCUT2D eigenvalue weighted by Gasteiger charge is 2.33. The van der Waals surface area contributed by atoms with E-state index in [9.17, 15) is 4.79 Å². The quantitative estimate of drug-likeness (QED) is 0.498. The summed E-state index contributed by atoms with van der Waals surface area (Å²) < 4.78 is 14.7. The van der Waals surface area contributed by atoms with Gasteiger partial charge in [0.2, 0.25) is 5.91 Å². The van der Waals surface area contributed by atoms with E-state index in [4.69, 9.17) is 14.6 Å². The standard InChI is InChI=1S/C22H23N7O3/c1-4-31-16-7-6-14(10-17(16)32-5-2)15-11-20(30)24-22-21(15)13(3)26-29(22)19-9-8-18-25-23-12-28(18)27-19/h6-10,12,15H,4-5,11H2,1-3H3,(H,24,30)/t15-/m1/s1. The number of hydrogen-bond acceptors (Lipinski definition) is 7. The molecule has 0 saturated heterocycles. The first-order valence-corrected chi connectivity index (χ1v) is 10.5. The van der Waals surface area contributed by atoms with Crippen LogP contribution in [0.2, 0.25) is 0 Å². The van der Waals surface area contributed by atoms with Gasteiger partial charge in [-0.25, -0.2) is 0 Å². The second-order valence-electron chi connectivity index (χ2n) is 7.46. The van der Waals surface area contributed by atoms with Crippen LogP contribution in [0.3, 0.4) is 0 Å². The fourth-order valence-corrected chi connectivity index (χ4v) is 4.11. The Bertz CT molecular complexity index is 1310. The van der Waals surface area contributed by atoms with Crippen molar-refractivity contribution >= 4 is 17.4 Å². The van der Waals surface area contributed by atoms with Crippen molar-refractivity contribution in [2.24, 2.45) is 0 Å². The molecule has 5 rings (SSSR count). The van der Waals surface area contributed by atoms with Crippen LogP contribution >= 0.6 is 0 Å². The largest absolute Gasteiger partial charge is 0.490 e. The highest BCUT2D eigenvalue weighted by molar-refractivity contribution is 5.95. The zero-order chi connectivity index (χ0) is 22.2. The van der Waals surface area contributed by atoms with Crippen LogP contribution in [0.25, 0.3) is 11.5 Å². The minimum Gasteiger partial charge on any atom is -0.490 e. The van der Waals surface area contributed by atoms with Gasteiger partial charge in [-0.15, -0.1) is 15.3 Å². The second kappa shape index (κ2) is 7.95. The number of aromatic nitrogens is 6. The van der Waals surface area contributed by atoms with E-state index in [0.29, 0.717) is 48.4 Å². The Morgan fingerprint density at radius 2 is 1.91 bits per heavy atom. The van der Waals surface area contributed by atoms with Crippen LogP contribution in [0, 0.1) is 6.92 Å². The molecule has 0 unspecified atom stereocenters. The predicted molar refractivity (Wildman–Crippen MR) is 117 cm³/mol. The van der Waals surface area contributed by atoms with Crippen LogP contribution in [0.4, 0.5) is 5.82 Å². The lowest BCUT2D eigenvalue weighted by atomic mass is 9.85. The molecule has 0 aliphatic carbocycles. The van der Waals surface area contributed by atoms with Gasteiger partial charge >= 0.3 is 0 Å². The molecule has 3 aromatic heterocycles. The van der Waals surface area contributed by atoms with E-state index in [-0.39, 0.29) is 11.8 Å². The molecule has 0 radical (unpaired) electrons. The minimum atomic E-state index is -0.166. The maximum absolute atomic E-state index is 12.7. The number of amides is 1. The highest BCUT2D eigenvalue weighted by atomic mass is 16.5. The van der Waals surface area contributed by atoms with E-state index in [0.717, 1.165) is 16.8 Å². The first-order valence-electron chi connectivity index (χ1n) is 10.5. The van der Waals surface area contributed by atoms with Gasteiger partial charge in [0.25, 0.3) is 0 Å². The molecule has 10 heteroatoms. The Labute approximate surface area is 184 Å². The number of hydrogen-bond donors (Lipinski definition) is 1. The summed E-state index contributed by atoms with van der Waals surface area (Å²) in [5, 5.41) is 20.1. The Morgan fingerprint density at radius 1 is 1.09 bits per heavy atom. The molecule has 0 fully saturated rings. The van der Waals surface area contributed by atoms with Gasteiger partial charge in [0.05, 0.1) is 18.9 Å². The zero-order valence-electron chi connectivity index (χ0n) is 18.1. The third-order valence-electron chi connectivity index (χ3n) is 5.44. The molecule has 0 spiro atoms. The Balaban J connectivity index is 1.61. The van der Waals surface area contributed by atoms with E-state index in [1.165, 1.54) is 6.33 Å². The van der Waals surface area contributed by atoms with E-state index < -0.39 is 0 Å². The molecule has 4 heterocycles. The number of aryl methyl sites for hydroxylation is 1. The van der Waals surface area contributed by atoms with E-state index in [2.05, 4.69) is 20.6 Å². The molecule has 0 saturated carbocycles. The smallest absolute Gasteiger partial charge is 0.226 e. The number of carbonyl (C=O) groups excluding carboxylic acids is 1. The van der Waals surface area contributed by atoms with Crippen LogP contribution in [0.5, 0.6) is 11.5 Å². The number of fused-ring (bicyclic) bond motifs is 2. The first kappa shape index (κ1) is 20.0. The summed E-state index contributed by atoms with van der Waals surface area (Å²) in [5.74, 6) is 2.29. The van der Waals surface area contributed by atoms with Crippen molar-refractivity contribution < 1.29 is 14.3 Å². The fourth-order valence-electron chi connectivity index (χ4n) is 4.11. The Morgan fingerprint density at radius 3 is 2.72 bits per heavy atom. The predicted octanol–water partition coefficient (Wildman–Crippen LogP) is 2.89.